The zero-order valence-corrected chi connectivity index (χ0v) is 13.2. The fourth-order valence-electron chi connectivity index (χ4n) is 2.99. The number of aromatic nitrogens is 1. The highest BCUT2D eigenvalue weighted by atomic mass is 19.1. The van der Waals surface area contributed by atoms with E-state index >= 15 is 0 Å². The third-order valence-corrected chi connectivity index (χ3v) is 4.34. The van der Waals surface area contributed by atoms with Crippen molar-refractivity contribution in [3.63, 3.8) is 0 Å². The van der Waals surface area contributed by atoms with Crippen LogP contribution >= 0.6 is 0 Å². The van der Waals surface area contributed by atoms with Gasteiger partial charge in [0.2, 0.25) is 0 Å². The van der Waals surface area contributed by atoms with Crippen LogP contribution in [0.4, 0.5) is 10.1 Å². The van der Waals surface area contributed by atoms with Crippen molar-refractivity contribution in [3.05, 3.63) is 47.1 Å². The molecule has 4 nitrogen and oxygen atoms in total. The molecule has 0 N–H and O–H groups in total. The predicted octanol–water partition coefficient (Wildman–Crippen LogP) is 3.14. The van der Waals surface area contributed by atoms with E-state index in [1.54, 1.807) is 0 Å². The van der Waals surface area contributed by atoms with Crippen LogP contribution in [0, 0.1) is 19.7 Å². The summed E-state index contributed by atoms with van der Waals surface area (Å²) in [5.41, 5.74) is 3.29. The second-order valence-electron chi connectivity index (χ2n) is 5.90. The number of hydrogen-bond donors (Lipinski definition) is 0. The summed E-state index contributed by atoms with van der Waals surface area (Å²) in [5.74, 6) is 0.732. The van der Waals surface area contributed by atoms with E-state index in [0.29, 0.717) is 0 Å². The van der Waals surface area contributed by atoms with E-state index in [-0.39, 0.29) is 5.82 Å². The summed E-state index contributed by atoms with van der Waals surface area (Å²) < 4.78 is 18.3. The van der Waals surface area contributed by atoms with Crippen molar-refractivity contribution in [2.45, 2.75) is 26.8 Å². The number of aryl methyl sites for hydroxylation is 2. The highest BCUT2D eigenvalue weighted by Crippen LogP contribution is 2.19. The number of anilines is 1. The lowest BCUT2D eigenvalue weighted by molar-refractivity contribution is 0.282. The fourth-order valence-corrected chi connectivity index (χ4v) is 2.99. The van der Waals surface area contributed by atoms with E-state index in [9.17, 15) is 4.39 Å². The zero-order chi connectivity index (χ0) is 15.5. The molecule has 0 amide bonds. The third-order valence-electron chi connectivity index (χ3n) is 4.34. The third kappa shape index (κ3) is 3.30. The van der Waals surface area contributed by atoms with Gasteiger partial charge in [-0.3, -0.25) is 4.90 Å². The Morgan fingerprint density at radius 1 is 1.09 bits per heavy atom. The van der Waals surface area contributed by atoms with Crippen LogP contribution in [0.1, 0.15) is 23.4 Å². The maximum absolute atomic E-state index is 13.0. The first kappa shape index (κ1) is 15.0. The minimum absolute atomic E-state index is 0.182. The number of nitrogens with zero attached hydrogens (tertiary/aromatic N) is 3. The highest BCUT2D eigenvalue weighted by molar-refractivity contribution is 5.46. The van der Waals surface area contributed by atoms with Gasteiger partial charge < -0.3 is 9.42 Å². The summed E-state index contributed by atoms with van der Waals surface area (Å²) in [7, 11) is 0. The molecular formula is C17H22FN3O. The molecule has 0 spiro atoms. The second kappa shape index (κ2) is 6.48. The molecule has 5 heteroatoms. The van der Waals surface area contributed by atoms with Gasteiger partial charge >= 0.3 is 0 Å². The van der Waals surface area contributed by atoms with Gasteiger partial charge in [-0.25, -0.2) is 4.39 Å². The van der Waals surface area contributed by atoms with Gasteiger partial charge in [0.15, 0.2) is 0 Å². The van der Waals surface area contributed by atoms with Gasteiger partial charge in [-0.1, -0.05) is 5.16 Å². The topological polar surface area (TPSA) is 32.5 Å². The van der Waals surface area contributed by atoms with Crippen molar-refractivity contribution in [2.75, 3.05) is 31.1 Å². The van der Waals surface area contributed by atoms with Crippen molar-refractivity contribution in [1.29, 1.82) is 0 Å². The summed E-state index contributed by atoms with van der Waals surface area (Å²) in [6.45, 7) is 8.85. The average molecular weight is 303 g/mol. The van der Waals surface area contributed by atoms with E-state index in [1.165, 1.54) is 17.7 Å². The maximum atomic E-state index is 13.0. The van der Waals surface area contributed by atoms with Crippen LogP contribution in [0.15, 0.2) is 28.8 Å². The van der Waals surface area contributed by atoms with Crippen LogP contribution in [0.5, 0.6) is 0 Å². The molecule has 1 saturated heterocycles. The predicted molar refractivity (Wildman–Crippen MR) is 84.5 cm³/mol. The zero-order valence-electron chi connectivity index (χ0n) is 13.2. The molecular weight excluding hydrogens is 281 g/mol. The quantitative estimate of drug-likeness (QED) is 0.872. The Kier molecular flexibility index (Phi) is 4.43. The Bertz CT molecular complexity index is 604. The van der Waals surface area contributed by atoms with Gasteiger partial charge in [-0.05, 0) is 44.5 Å². The number of halogens is 1. The molecule has 1 fully saturated rings. The second-order valence-corrected chi connectivity index (χ2v) is 5.90. The molecule has 22 heavy (non-hydrogen) atoms. The smallest absolute Gasteiger partial charge is 0.138 e. The molecule has 0 bridgehead atoms. The van der Waals surface area contributed by atoms with Gasteiger partial charge in [0.25, 0.3) is 0 Å². The van der Waals surface area contributed by atoms with Gasteiger partial charge in [-0.15, -0.1) is 0 Å². The Morgan fingerprint density at radius 2 is 1.86 bits per heavy atom. The molecule has 1 aromatic heterocycles. The van der Waals surface area contributed by atoms with E-state index in [4.69, 9.17) is 4.52 Å². The first-order valence-corrected chi connectivity index (χ1v) is 7.78. The van der Waals surface area contributed by atoms with Crippen molar-refractivity contribution in [2.24, 2.45) is 0 Å². The van der Waals surface area contributed by atoms with Gasteiger partial charge in [-0.2, -0.15) is 0 Å². The van der Waals surface area contributed by atoms with Crippen LogP contribution in [-0.2, 0) is 6.54 Å². The van der Waals surface area contributed by atoms with Crippen molar-refractivity contribution >= 4 is 5.69 Å². The summed E-state index contributed by atoms with van der Waals surface area (Å²) >= 11 is 0. The van der Waals surface area contributed by atoms with E-state index < -0.39 is 0 Å². The molecule has 3 rings (SSSR count). The van der Waals surface area contributed by atoms with E-state index in [2.05, 4.69) is 15.0 Å². The SMILES string of the molecule is Cc1noc(C)c1CN1CCCN(c2ccc(F)cc2)CC1. The van der Waals surface area contributed by atoms with E-state index in [0.717, 1.165) is 56.3 Å². The van der Waals surface area contributed by atoms with Crippen LogP contribution in [0.25, 0.3) is 0 Å². The first-order valence-electron chi connectivity index (χ1n) is 7.78. The maximum Gasteiger partial charge on any atom is 0.138 e. The lowest BCUT2D eigenvalue weighted by atomic mass is 10.2. The number of benzene rings is 1. The molecule has 0 atom stereocenters. The van der Waals surface area contributed by atoms with Crippen LogP contribution in [-0.4, -0.2) is 36.2 Å². The summed E-state index contributed by atoms with van der Waals surface area (Å²) in [6, 6.07) is 6.78. The first-order chi connectivity index (χ1) is 10.6. The standard InChI is InChI=1S/C17H22FN3O/c1-13-17(14(2)22-19-13)12-20-8-3-9-21(11-10-20)16-6-4-15(18)5-7-16/h4-7H,3,8-12H2,1-2H3. The summed E-state index contributed by atoms with van der Waals surface area (Å²) in [5, 5.41) is 4.03. The van der Waals surface area contributed by atoms with Crippen LogP contribution in [0.3, 0.4) is 0 Å². The fraction of sp³-hybridized carbons (Fsp3) is 0.471. The van der Waals surface area contributed by atoms with Crippen molar-refractivity contribution < 1.29 is 8.91 Å². The lowest BCUT2D eigenvalue weighted by Crippen LogP contribution is -2.30. The highest BCUT2D eigenvalue weighted by Gasteiger charge is 2.18. The normalized spacial score (nSPS) is 16.8. The van der Waals surface area contributed by atoms with E-state index in [1.807, 2.05) is 26.0 Å². The Labute approximate surface area is 130 Å². The molecule has 0 saturated carbocycles. The van der Waals surface area contributed by atoms with Crippen molar-refractivity contribution in [1.82, 2.24) is 10.1 Å². The number of hydrogen-bond acceptors (Lipinski definition) is 4. The Balaban J connectivity index is 1.63. The lowest BCUT2D eigenvalue weighted by Gasteiger charge is -2.23. The van der Waals surface area contributed by atoms with Crippen LogP contribution < -0.4 is 4.90 Å². The molecule has 1 aliphatic rings. The largest absolute Gasteiger partial charge is 0.370 e. The molecule has 2 heterocycles. The minimum Gasteiger partial charge on any atom is -0.370 e. The molecule has 2 aromatic rings. The summed E-state index contributed by atoms with van der Waals surface area (Å²) in [6.07, 6.45) is 1.10. The molecule has 118 valence electrons. The average Bonchev–Trinajstić information content (AvgIpc) is 2.72. The van der Waals surface area contributed by atoms with Crippen LogP contribution in [0.2, 0.25) is 0 Å². The number of rotatable bonds is 3. The Morgan fingerprint density at radius 3 is 2.55 bits per heavy atom. The molecule has 0 unspecified atom stereocenters. The molecule has 1 aromatic carbocycles. The van der Waals surface area contributed by atoms with Gasteiger partial charge in [0, 0.05) is 44.0 Å². The van der Waals surface area contributed by atoms with Gasteiger partial charge in [0.05, 0.1) is 5.69 Å². The van der Waals surface area contributed by atoms with Crippen molar-refractivity contribution in [3.8, 4) is 0 Å². The molecule has 0 aliphatic carbocycles. The monoisotopic (exact) mass is 303 g/mol. The molecule has 1 aliphatic heterocycles. The van der Waals surface area contributed by atoms with Gasteiger partial charge in [0.1, 0.15) is 11.6 Å². The minimum atomic E-state index is -0.182. The summed E-state index contributed by atoms with van der Waals surface area (Å²) in [4.78, 5) is 4.77. The molecule has 0 radical (unpaired) electrons. The Hall–Kier alpha value is -1.88.